The van der Waals surface area contributed by atoms with Gasteiger partial charge >= 0.3 is 5.97 Å². The summed E-state index contributed by atoms with van der Waals surface area (Å²) in [5.74, 6) is -0.715. The standard InChI is InChI=1S/C20H17ClN2O4S/c1-23(16-7-3-2-4-8-16)28(25,26)17-9-10-19(21)18(12-17)20(24)27-14-15-6-5-11-22-13-15/h2-13H,14H2,1H3. The number of pyridine rings is 1. The molecular weight excluding hydrogens is 400 g/mol. The van der Waals surface area contributed by atoms with Crippen molar-refractivity contribution in [1.82, 2.24) is 4.98 Å². The topological polar surface area (TPSA) is 76.6 Å². The highest BCUT2D eigenvalue weighted by Gasteiger charge is 2.24. The first-order valence-corrected chi connectivity index (χ1v) is 10.1. The van der Waals surface area contributed by atoms with Crippen LogP contribution in [0.3, 0.4) is 0 Å². The summed E-state index contributed by atoms with van der Waals surface area (Å²) in [5, 5.41) is 0.109. The Morgan fingerprint density at radius 2 is 1.86 bits per heavy atom. The fraction of sp³-hybridized carbons (Fsp3) is 0.100. The van der Waals surface area contributed by atoms with Gasteiger partial charge in [-0.2, -0.15) is 0 Å². The van der Waals surface area contributed by atoms with E-state index in [0.717, 1.165) is 4.31 Å². The minimum absolute atomic E-state index is 0.00387. The minimum atomic E-state index is -3.88. The van der Waals surface area contributed by atoms with Crippen LogP contribution in [0.2, 0.25) is 5.02 Å². The average molecular weight is 417 g/mol. The number of carbonyl (C=O) groups is 1. The number of hydrogen-bond donors (Lipinski definition) is 0. The maximum absolute atomic E-state index is 12.9. The number of benzene rings is 2. The lowest BCUT2D eigenvalue weighted by Gasteiger charge is -2.20. The van der Waals surface area contributed by atoms with Crippen LogP contribution in [0.25, 0.3) is 0 Å². The molecule has 28 heavy (non-hydrogen) atoms. The Balaban J connectivity index is 1.85. The zero-order chi connectivity index (χ0) is 20.1. The van der Waals surface area contributed by atoms with Crippen molar-refractivity contribution in [3.63, 3.8) is 0 Å². The van der Waals surface area contributed by atoms with Gasteiger partial charge in [0.1, 0.15) is 6.61 Å². The van der Waals surface area contributed by atoms with Gasteiger partial charge < -0.3 is 4.74 Å². The van der Waals surface area contributed by atoms with E-state index < -0.39 is 16.0 Å². The number of nitrogens with zero attached hydrogens (tertiary/aromatic N) is 2. The highest BCUT2D eigenvalue weighted by molar-refractivity contribution is 7.92. The third kappa shape index (κ3) is 4.32. The Morgan fingerprint density at radius 1 is 1.11 bits per heavy atom. The lowest BCUT2D eigenvalue weighted by molar-refractivity contribution is 0.0472. The second-order valence-electron chi connectivity index (χ2n) is 5.89. The minimum Gasteiger partial charge on any atom is -0.457 e. The number of carbonyl (C=O) groups excluding carboxylic acids is 1. The highest BCUT2D eigenvalue weighted by Crippen LogP contribution is 2.26. The van der Waals surface area contributed by atoms with Crippen LogP contribution in [-0.2, 0) is 21.4 Å². The average Bonchev–Trinajstić information content (AvgIpc) is 2.73. The van der Waals surface area contributed by atoms with Crippen LogP contribution in [0.5, 0.6) is 0 Å². The lowest BCUT2D eigenvalue weighted by Crippen LogP contribution is -2.26. The monoisotopic (exact) mass is 416 g/mol. The van der Waals surface area contributed by atoms with Crippen molar-refractivity contribution in [2.75, 3.05) is 11.4 Å². The Hall–Kier alpha value is -2.90. The van der Waals surface area contributed by atoms with Gasteiger partial charge in [-0.1, -0.05) is 35.9 Å². The molecule has 0 spiro atoms. The first-order chi connectivity index (χ1) is 13.4. The van der Waals surface area contributed by atoms with Crippen molar-refractivity contribution < 1.29 is 17.9 Å². The van der Waals surface area contributed by atoms with Gasteiger partial charge in [0.15, 0.2) is 0 Å². The number of rotatable bonds is 6. The summed E-state index contributed by atoms with van der Waals surface area (Å²) in [5.41, 5.74) is 1.19. The fourth-order valence-electron chi connectivity index (χ4n) is 2.47. The maximum Gasteiger partial charge on any atom is 0.340 e. The van der Waals surface area contributed by atoms with E-state index in [1.165, 1.54) is 25.2 Å². The molecule has 0 aliphatic rings. The maximum atomic E-state index is 12.9. The molecule has 2 aromatic carbocycles. The molecule has 0 saturated carbocycles. The zero-order valence-electron chi connectivity index (χ0n) is 14.9. The number of aromatic nitrogens is 1. The number of sulfonamides is 1. The molecule has 0 aliphatic heterocycles. The van der Waals surface area contributed by atoms with Gasteiger partial charge in [-0.3, -0.25) is 9.29 Å². The summed E-state index contributed by atoms with van der Waals surface area (Å²) in [6, 6.07) is 16.1. The van der Waals surface area contributed by atoms with E-state index in [-0.39, 0.29) is 22.1 Å². The van der Waals surface area contributed by atoms with Crippen LogP contribution in [0, 0.1) is 0 Å². The SMILES string of the molecule is CN(c1ccccc1)S(=O)(=O)c1ccc(Cl)c(C(=O)OCc2cccnc2)c1. The van der Waals surface area contributed by atoms with E-state index in [2.05, 4.69) is 4.98 Å². The van der Waals surface area contributed by atoms with Crippen molar-refractivity contribution >= 4 is 33.3 Å². The Bertz CT molecular complexity index is 1070. The molecule has 6 nitrogen and oxygen atoms in total. The summed E-state index contributed by atoms with van der Waals surface area (Å²) < 4.78 is 32.2. The van der Waals surface area contributed by atoms with Crippen molar-refractivity contribution in [1.29, 1.82) is 0 Å². The van der Waals surface area contributed by atoms with Crippen molar-refractivity contribution in [2.45, 2.75) is 11.5 Å². The van der Waals surface area contributed by atoms with Crippen LogP contribution in [-0.4, -0.2) is 26.4 Å². The molecule has 0 fully saturated rings. The number of anilines is 1. The molecule has 0 N–H and O–H groups in total. The number of hydrogen-bond acceptors (Lipinski definition) is 5. The molecule has 0 saturated heterocycles. The summed E-state index contributed by atoms with van der Waals surface area (Å²) >= 11 is 6.10. The third-order valence-corrected chi connectivity index (χ3v) is 6.14. The summed E-state index contributed by atoms with van der Waals surface area (Å²) in [4.78, 5) is 16.3. The quantitative estimate of drug-likeness (QED) is 0.569. The van der Waals surface area contributed by atoms with Crippen LogP contribution in [0.15, 0.2) is 78.0 Å². The molecule has 1 aromatic heterocycles. The molecule has 144 valence electrons. The Kier molecular flexibility index (Phi) is 5.96. The molecule has 0 radical (unpaired) electrons. The fourth-order valence-corrected chi connectivity index (χ4v) is 3.88. The van der Waals surface area contributed by atoms with Gasteiger partial charge in [-0.25, -0.2) is 13.2 Å². The van der Waals surface area contributed by atoms with Crippen molar-refractivity contribution in [3.8, 4) is 0 Å². The van der Waals surface area contributed by atoms with E-state index in [0.29, 0.717) is 11.3 Å². The molecule has 0 bridgehead atoms. The van der Waals surface area contributed by atoms with E-state index in [1.807, 2.05) is 0 Å². The van der Waals surface area contributed by atoms with E-state index in [9.17, 15) is 13.2 Å². The molecule has 8 heteroatoms. The molecule has 0 unspecified atom stereocenters. The Morgan fingerprint density at radius 3 is 2.54 bits per heavy atom. The number of ether oxygens (including phenoxy) is 1. The second kappa shape index (κ2) is 8.41. The van der Waals surface area contributed by atoms with Gasteiger partial charge in [-0.15, -0.1) is 0 Å². The van der Waals surface area contributed by atoms with Gasteiger partial charge in [0.2, 0.25) is 0 Å². The molecule has 0 atom stereocenters. The predicted molar refractivity (Wildman–Crippen MR) is 107 cm³/mol. The van der Waals surface area contributed by atoms with Crippen LogP contribution in [0.4, 0.5) is 5.69 Å². The van der Waals surface area contributed by atoms with E-state index >= 15 is 0 Å². The van der Waals surface area contributed by atoms with E-state index in [4.69, 9.17) is 16.3 Å². The first-order valence-electron chi connectivity index (χ1n) is 8.29. The molecule has 0 aliphatic carbocycles. The van der Waals surface area contributed by atoms with Gasteiger partial charge in [-0.05, 0) is 36.4 Å². The van der Waals surface area contributed by atoms with Gasteiger partial charge in [0.05, 0.1) is 21.2 Å². The number of para-hydroxylation sites is 1. The zero-order valence-corrected chi connectivity index (χ0v) is 16.5. The lowest BCUT2D eigenvalue weighted by atomic mass is 10.2. The van der Waals surface area contributed by atoms with Crippen LogP contribution in [0.1, 0.15) is 15.9 Å². The summed E-state index contributed by atoms with van der Waals surface area (Å²) in [7, 11) is -2.43. The predicted octanol–water partition coefficient (Wildman–Crippen LogP) is 3.92. The Labute approximate surface area is 168 Å². The molecule has 0 amide bonds. The van der Waals surface area contributed by atoms with Gasteiger partial charge in [0.25, 0.3) is 10.0 Å². The van der Waals surface area contributed by atoms with Crippen LogP contribution < -0.4 is 4.31 Å². The van der Waals surface area contributed by atoms with Crippen LogP contribution >= 0.6 is 11.6 Å². The number of esters is 1. The van der Waals surface area contributed by atoms with E-state index in [1.54, 1.807) is 54.9 Å². The molecule has 1 heterocycles. The number of halogens is 1. The van der Waals surface area contributed by atoms with Crippen molar-refractivity contribution in [2.24, 2.45) is 0 Å². The largest absolute Gasteiger partial charge is 0.457 e. The molecule has 3 aromatic rings. The van der Waals surface area contributed by atoms with Crippen molar-refractivity contribution in [3.05, 3.63) is 89.2 Å². The molecular formula is C20H17ClN2O4S. The first kappa shape index (κ1) is 19.9. The highest BCUT2D eigenvalue weighted by atomic mass is 35.5. The smallest absolute Gasteiger partial charge is 0.340 e. The molecule has 3 rings (SSSR count). The third-order valence-electron chi connectivity index (χ3n) is 4.03. The normalized spacial score (nSPS) is 11.1. The summed E-state index contributed by atoms with van der Waals surface area (Å²) in [6.07, 6.45) is 3.18. The summed E-state index contributed by atoms with van der Waals surface area (Å²) in [6.45, 7) is 0.00387. The van der Waals surface area contributed by atoms with Gasteiger partial charge in [0, 0.05) is 25.0 Å². The second-order valence-corrected chi connectivity index (χ2v) is 8.26.